The minimum absolute atomic E-state index is 0.162. The number of carbonyl (C=O) groups excluding carboxylic acids is 1. The highest BCUT2D eigenvalue weighted by Crippen LogP contribution is 2.26. The molecule has 0 aliphatic rings. The molecule has 1 heterocycles. The van der Waals surface area contributed by atoms with Crippen LogP contribution in [0.25, 0.3) is 22.2 Å². The number of carbonyl (C=O) groups is 1. The number of para-hydroxylation sites is 2. The number of methoxy groups -OCH3 is 1. The van der Waals surface area contributed by atoms with Crippen molar-refractivity contribution in [1.82, 2.24) is 10.3 Å². The lowest BCUT2D eigenvalue weighted by Gasteiger charge is -2.12. The molecule has 0 unspecified atom stereocenters. The number of ether oxygens (including phenoxy) is 1. The third-order valence-electron chi connectivity index (χ3n) is 4.73. The SMILES string of the molecule is COc1ccccc1CNC(=O)c1cc(-c2ccc(Cl)cc2)nc2ccccc12. The van der Waals surface area contributed by atoms with Gasteiger partial charge in [-0.1, -0.05) is 60.1 Å². The highest BCUT2D eigenvalue weighted by molar-refractivity contribution is 6.30. The van der Waals surface area contributed by atoms with Crippen molar-refractivity contribution < 1.29 is 9.53 Å². The Balaban J connectivity index is 1.70. The Morgan fingerprint density at radius 2 is 1.72 bits per heavy atom. The van der Waals surface area contributed by atoms with Crippen LogP contribution in [0.15, 0.2) is 78.9 Å². The van der Waals surface area contributed by atoms with E-state index in [0.717, 1.165) is 33.5 Å². The zero-order valence-corrected chi connectivity index (χ0v) is 16.6. The summed E-state index contributed by atoms with van der Waals surface area (Å²) in [6.07, 6.45) is 0. The lowest BCUT2D eigenvalue weighted by atomic mass is 10.0. The van der Waals surface area contributed by atoms with E-state index in [9.17, 15) is 4.79 Å². The Morgan fingerprint density at radius 3 is 2.52 bits per heavy atom. The topological polar surface area (TPSA) is 51.2 Å². The van der Waals surface area contributed by atoms with Crippen molar-refractivity contribution in [2.45, 2.75) is 6.54 Å². The summed E-state index contributed by atoms with van der Waals surface area (Å²) in [5.41, 5.74) is 3.89. The first kappa shape index (κ1) is 19.0. The summed E-state index contributed by atoms with van der Waals surface area (Å²) < 4.78 is 5.37. The molecule has 4 aromatic rings. The fraction of sp³-hybridized carbons (Fsp3) is 0.0833. The second-order valence-electron chi connectivity index (χ2n) is 6.57. The number of hydrogen-bond acceptors (Lipinski definition) is 3. The van der Waals surface area contributed by atoms with Gasteiger partial charge in [0.25, 0.3) is 5.91 Å². The number of halogens is 1. The molecule has 5 heteroatoms. The van der Waals surface area contributed by atoms with Crippen molar-refractivity contribution in [2.24, 2.45) is 0 Å². The monoisotopic (exact) mass is 402 g/mol. The molecule has 0 aliphatic heterocycles. The maximum atomic E-state index is 13.1. The van der Waals surface area contributed by atoms with E-state index < -0.39 is 0 Å². The Morgan fingerprint density at radius 1 is 1.00 bits per heavy atom. The molecule has 4 nitrogen and oxygen atoms in total. The van der Waals surface area contributed by atoms with Crippen molar-refractivity contribution in [1.29, 1.82) is 0 Å². The minimum atomic E-state index is -0.162. The number of hydrogen-bond donors (Lipinski definition) is 1. The van der Waals surface area contributed by atoms with Crippen molar-refractivity contribution >= 4 is 28.4 Å². The molecule has 0 bridgehead atoms. The van der Waals surface area contributed by atoms with E-state index in [1.807, 2.05) is 78.9 Å². The molecule has 0 aliphatic carbocycles. The maximum absolute atomic E-state index is 13.1. The largest absolute Gasteiger partial charge is 0.496 e. The van der Waals surface area contributed by atoms with Crippen LogP contribution in [0.2, 0.25) is 5.02 Å². The number of benzene rings is 3. The van der Waals surface area contributed by atoms with Gasteiger partial charge in [-0.2, -0.15) is 0 Å². The Bertz CT molecular complexity index is 1170. The van der Waals surface area contributed by atoms with Gasteiger partial charge in [-0.05, 0) is 30.3 Å². The third-order valence-corrected chi connectivity index (χ3v) is 4.98. The molecule has 3 aromatic carbocycles. The molecule has 1 amide bonds. The second-order valence-corrected chi connectivity index (χ2v) is 7.01. The average Bonchev–Trinajstić information content (AvgIpc) is 2.77. The summed E-state index contributed by atoms with van der Waals surface area (Å²) in [5.74, 6) is 0.582. The van der Waals surface area contributed by atoms with Gasteiger partial charge in [0.2, 0.25) is 0 Å². The van der Waals surface area contributed by atoms with E-state index in [1.54, 1.807) is 7.11 Å². The van der Waals surface area contributed by atoms with Gasteiger partial charge in [0.1, 0.15) is 5.75 Å². The van der Waals surface area contributed by atoms with Gasteiger partial charge in [-0.15, -0.1) is 0 Å². The summed E-state index contributed by atoms with van der Waals surface area (Å²) in [5, 5.41) is 4.47. The molecule has 1 N–H and O–H groups in total. The van der Waals surface area contributed by atoms with Crippen LogP contribution in [0.5, 0.6) is 5.75 Å². The van der Waals surface area contributed by atoms with Gasteiger partial charge in [0.15, 0.2) is 0 Å². The van der Waals surface area contributed by atoms with E-state index in [0.29, 0.717) is 17.1 Å². The number of fused-ring (bicyclic) bond motifs is 1. The van der Waals surface area contributed by atoms with Crippen molar-refractivity contribution in [2.75, 3.05) is 7.11 Å². The molecular weight excluding hydrogens is 384 g/mol. The Labute approximate surface area is 174 Å². The van der Waals surface area contributed by atoms with Gasteiger partial charge in [-0.3, -0.25) is 4.79 Å². The average molecular weight is 403 g/mol. The summed E-state index contributed by atoms with van der Waals surface area (Å²) in [6.45, 7) is 0.371. The predicted octanol–water partition coefficient (Wildman–Crippen LogP) is 5.49. The van der Waals surface area contributed by atoms with Crippen LogP contribution >= 0.6 is 11.6 Å². The predicted molar refractivity (Wildman–Crippen MR) is 116 cm³/mol. The summed E-state index contributed by atoms with van der Waals surface area (Å²) in [4.78, 5) is 17.8. The first-order valence-corrected chi connectivity index (χ1v) is 9.59. The molecule has 0 fully saturated rings. The quantitative estimate of drug-likeness (QED) is 0.480. The number of rotatable bonds is 5. The zero-order valence-electron chi connectivity index (χ0n) is 15.9. The summed E-state index contributed by atoms with van der Waals surface area (Å²) in [7, 11) is 1.62. The molecule has 0 spiro atoms. The van der Waals surface area contributed by atoms with Gasteiger partial charge < -0.3 is 10.1 Å². The number of nitrogens with one attached hydrogen (secondary N) is 1. The second kappa shape index (κ2) is 8.33. The molecule has 0 atom stereocenters. The zero-order chi connectivity index (χ0) is 20.2. The highest BCUT2D eigenvalue weighted by Gasteiger charge is 2.14. The van der Waals surface area contributed by atoms with Gasteiger partial charge in [0.05, 0.1) is 23.9 Å². The smallest absolute Gasteiger partial charge is 0.252 e. The Kier molecular flexibility index (Phi) is 5.45. The standard InChI is InChI=1S/C24H19ClN2O2/c1-29-23-9-5-2-6-17(23)15-26-24(28)20-14-22(16-10-12-18(25)13-11-16)27-21-8-4-3-7-19(20)21/h2-14H,15H2,1H3,(H,26,28). The van der Waals surface area contributed by atoms with Crippen molar-refractivity contribution in [3.8, 4) is 17.0 Å². The lowest BCUT2D eigenvalue weighted by molar-refractivity contribution is 0.0952. The number of aromatic nitrogens is 1. The van der Waals surface area contributed by atoms with E-state index in [1.165, 1.54) is 0 Å². The maximum Gasteiger partial charge on any atom is 0.252 e. The van der Waals surface area contributed by atoms with Crippen LogP contribution in [-0.2, 0) is 6.54 Å². The van der Waals surface area contributed by atoms with Crippen LogP contribution in [0.3, 0.4) is 0 Å². The van der Waals surface area contributed by atoms with Crippen LogP contribution in [0, 0.1) is 0 Å². The summed E-state index contributed by atoms with van der Waals surface area (Å²) >= 11 is 6.01. The van der Waals surface area contributed by atoms with Gasteiger partial charge >= 0.3 is 0 Å². The summed E-state index contributed by atoms with van der Waals surface area (Å²) in [6, 6.07) is 24.5. The highest BCUT2D eigenvalue weighted by atomic mass is 35.5. The van der Waals surface area contributed by atoms with E-state index in [-0.39, 0.29) is 5.91 Å². The van der Waals surface area contributed by atoms with Crippen LogP contribution in [0.1, 0.15) is 15.9 Å². The Hall–Kier alpha value is -3.37. The lowest BCUT2D eigenvalue weighted by Crippen LogP contribution is -2.23. The molecule has 0 saturated carbocycles. The molecule has 144 valence electrons. The van der Waals surface area contributed by atoms with E-state index in [4.69, 9.17) is 21.3 Å². The molecular formula is C24H19ClN2O2. The normalized spacial score (nSPS) is 10.7. The van der Waals surface area contributed by atoms with Crippen molar-refractivity contribution in [3.05, 3.63) is 95.0 Å². The molecule has 0 saturated heterocycles. The fourth-order valence-electron chi connectivity index (χ4n) is 3.25. The van der Waals surface area contributed by atoms with E-state index >= 15 is 0 Å². The molecule has 1 aromatic heterocycles. The number of amides is 1. The van der Waals surface area contributed by atoms with Crippen LogP contribution in [-0.4, -0.2) is 18.0 Å². The first-order valence-electron chi connectivity index (χ1n) is 9.21. The third kappa shape index (κ3) is 4.08. The van der Waals surface area contributed by atoms with Crippen LogP contribution in [0.4, 0.5) is 0 Å². The van der Waals surface area contributed by atoms with Crippen molar-refractivity contribution in [3.63, 3.8) is 0 Å². The first-order chi connectivity index (χ1) is 14.2. The van der Waals surface area contributed by atoms with E-state index in [2.05, 4.69) is 5.32 Å². The van der Waals surface area contributed by atoms with Gasteiger partial charge in [0, 0.05) is 28.1 Å². The van der Waals surface area contributed by atoms with Gasteiger partial charge in [-0.25, -0.2) is 4.98 Å². The molecule has 0 radical (unpaired) electrons. The number of pyridine rings is 1. The van der Waals surface area contributed by atoms with Crippen LogP contribution < -0.4 is 10.1 Å². The molecule has 29 heavy (non-hydrogen) atoms. The minimum Gasteiger partial charge on any atom is -0.496 e. The fourth-order valence-corrected chi connectivity index (χ4v) is 3.38. The number of nitrogens with zero attached hydrogens (tertiary/aromatic N) is 1. The molecule has 4 rings (SSSR count).